The van der Waals surface area contributed by atoms with Crippen LogP contribution in [0.25, 0.3) is 0 Å². The summed E-state index contributed by atoms with van der Waals surface area (Å²) in [7, 11) is 0. The number of rotatable bonds is 3. The van der Waals surface area contributed by atoms with E-state index in [1.54, 1.807) is 9.80 Å². The van der Waals surface area contributed by atoms with Gasteiger partial charge in [-0.3, -0.25) is 4.79 Å². The van der Waals surface area contributed by atoms with Gasteiger partial charge in [-0.2, -0.15) is 0 Å². The molecule has 2 aliphatic heterocycles. The molecule has 1 unspecified atom stereocenters. The average Bonchev–Trinajstić information content (AvgIpc) is 2.69. The van der Waals surface area contributed by atoms with Crippen molar-refractivity contribution < 1.29 is 9.59 Å². The molecule has 2 atom stereocenters. The molecule has 2 rings (SSSR count). The van der Waals surface area contributed by atoms with Crippen LogP contribution in [-0.4, -0.2) is 60.0 Å². The van der Waals surface area contributed by atoms with E-state index in [1.807, 2.05) is 0 Å². The van der Waals surface area contributed by atoms with Gasteiger partial charge in [-0.25, -0.2) is 4.79 Å². The highest BCUT2D eigenvalue weighted by molar-refractivity contribution is 5.85. The van der Waals surface area contributed by atoms with E-state index in [0.717, 1.165) is 0 Å². The van der Waals surface area contributed by atoms with Gasteiger partial charge in [0.1, 0.15) is 0 Å². The maximum Gasteiger partial charge on any atom is 0.317 e. The number of carbonyl (C=O) groups is 2. The van der Waals surface area contributed by atoms with Crippen molar-refractivity contribution in [1.82, 2.24) is 15.1 Å². The SMILES string of the molecule is CC(C)C[C@H](N)C(=O)N1CCN2C(=O)NCC2C1.Cl. The number of urea groups is 1. The molecule has 19 heavy (non-hydrogen) atoms. The van der Waals surface area contributed by atoms with Gasteiger partial charge in [0, 0.05) is 26.2 Å². The summed E-state index contributed by atoms with van der Waals surface area (Å²) in [5, 5.41) is 2.80. The Kier molecular flexibility index (Phi) is 5.43. The Balaban J connectivity index is 0.00000180. The number of carbonyl (C=O) groups excluding carboxylic acids is 2. The van der Waals surface area contributed by atoms with Crippen LogP contribution >= 0.6 is 12.4 Å². The molecule has 110 valence electrons. The fourth-order valence-electron chi connectivity index (χ4n) is 2.65. The van der Waals surface area contributed by atoms with E-state index in [-0.39, 0.29) is 30.4 Å². The second-order valence-corrected chi connectivity index (χ2v) is 5.55. The summed E-state index contributed by atoms with van der Waals surface area (Å²) in [5.74, 6) is 0.433. The Morgan fingerprint density at radius 3 is 2.79 bits per heavy atom. The average molecular weight is 291 g/mol. The maximum absolute atomic E-state index is 12.2. The molecule has 3 N–H and O–H groups in total. The van der Waals surface area contributed by atoms with Crippen molar-refractivity contribution in [3.05, 3.63) is 0 Å². The normalized spacial score (nSPS) is 23.8. The fraction of sp³-hybridized carbons (Fsp3) is 0.833. The number of amides is 3. The molecule has 0 aromatic heterocycles. The minimum absolute atomic E-state index is 0. The van der Waals surface area contributed by atoms with Crippen molar-refractivity contribution in [1.29, 1.82) is 0 Å². The summed E-state index contributed by atoms with van der Waals surface area (Å²) in [5.41, 5.74) is 5.93. The number of fused-ring (bicyclic) bond motifs is 1. The number of nitrogens with two attached hydrogens (primary N) is 1. The third-order valence-corrected chi connectivity index (χ3v) is 3.59. The zero-order chi connectivity index (χ0) is 13.3. The Morgan fingerprint density at radius 1 is 1.47 bits per heavy atom. The fourth-order valence-corrected chi connectivity index (χ4v) is 2.65. The van der Waals surface area contributed by atoms with Gasteiger partial charge in [0.2, 0.25) is 5.91 Å². The number of nitrogens with one attached hydrogen (secondary N) is 1. The van der Waals surface area contributed by atoms with Crippen LogP contribution in [-0.2, 0) is 4.79 Å². The summed E-state index contributed by atoms with van der Waals surface area (Å²) in [4.78, 5) is 27.2. The summed E-state index contributed by atoms with van der Waals surface area (Å²) in [6.07, 6.45) is 0.709. The molecule has 3 amide bonds. The molecule has 0 aliphatic carbocycles. The van der Waals surface area contributed by atoms with Gasteiger partial charge in [-0.1, -0.05) is 13.8 Å². The van der Waals surface area contributed by atoms with Crippen molar-refractivity contribution in [3.8, 4) is 0 Å². The van der Waals surface area contributed by atoms with Gasteiger partial charge in [-0.15, -0.1) is 12.4 Å². The van der Waals surface area contributed by atoms with Gasteiger partial charge >= 0.3 is 6.03 Å². The van der Waals surface area contributed by atoms with Crippen LogP contribution in [0.2, 0.25) is 0 Å². The van der Waals surface area contributed by atoms with E-state index in [4.69, 9.17) is 5.73 Å². The lowest BCUT2D eigenvalue weighted by molar-refractivity contribution is -0.135. The molecule has 0 aromatic rings. The van der Waals surface area contributed by atoms with Crippen molar-refractivity contribution in [2.45, 2.75) is 32.4 Å². The van der Waals surface area contributed by atoms with Crippen LogP contribution in [0, 0.1) is 5.92 Å². The largest absolute Gasteiger partial charge is 0.337 e. The maximum atomic E-state index is 12.2. The van der Waals surface area contributed by atoms with Gasteiger partial charge in [0.25, 0.3) is 0 Å². The molecule has 2 saturated heterocycles. The first-order valence-electron chi connectivity index (χ1n) is 6.58. The number of halogens is 1. The molecule has 2 heterocycles. The molecule has 2 fully saturated rings. The van der Waals surface area contributed by atoms with Gasteiger partial charge in [0.15, 0.2) is 0 Å². The topological polar surface area (TPSA) is 78.7 Å². The molecular formula is C12H23ClN4O2. The third kappa shape index (κ3) is 3.51. The van der Waals surface area contributed by atoms with Crippen molar-refractivity contribution in [2.75, 3.05) is 26.2 Å². The second kappa shape index (κ2) is 6.43. The molecule has 6 nitrogen and oxygen atoms in total. The minimum atomic E-state index is -0.415. The second-order valence-electron chi connectivity index (χ2n) is 5.55. The summed E-state index contributed by atoms with van der Waals surface area (Å²) >= 11 is 0. The number of hydrogen-bond acceptors (Lipinski definition) is 3. The molecule has 0 spiro atoms. The van der Waals surface area contributed by atoms with Crippen LogP contribution in [0.1, 0.15) is 20.3 Å². The summed E-state index contributed by atoms with van der Waals surface area (Å²) < 4.78 is 0. The van der Waals surface area contributed by atoms with E-state index >= 15 is 0 Å². The molecule has 0 aromatic carbocycles. The predicted octanol–water partition coefficient (Wildman–Crippen LogP) is 0.0176. The smallest absolute Gasteiger partial charge is 0.317 e. The van der Waals surface area contributed by atoms with Crippen LogP contribution in [0.3, 0.4) is 0 Å². The molecule has 0 radical (unpaired) electrons. The van der Waals surface area contributed by atoms with Crippen LogP contribution in [0.15, 0.2) is 0 Å². The number of piperazine rings is 1. The molecule has 7 heteroatoms. The Morgan fingerprint density at radius 2 is 2.16 bits per heavy atom. The van der Waals surface area contributed by atoms with E-state index in [0.29, 0.717) is 38.5 Å². The van der Waals surface area contributed by atoms with E-state index in [1.165, 1.54) is 0 Å². The monoisotopic (exact) mass is 290 g/mol. The highest BCUT2D eigenvalue weighted by Gasteiger charge is 2.37. The molecular weight excluding hydrogens is 268 g/mol. The number of nitrogens with zero attached hydrogens (tertiary/aromatic N) is 2. The lowest BCUT2D eigenvalue weighted by Crippen LogP contribution is -2.57. The predicted molar refractivity (Wildman–Crippen MR) is 75.2 cm³/mol. The van der Waals surface area contributed by atoms with Gasteiger partial charge < -0.3 is 20.9 Å². The lowest BCUT2D eigenvalue weighted by Gasteiger charge is -2.37. The van der Waals surface area contributed by atoms with Crippen LogP contribution in [0.5, 0.6) is 0 Å². The van der Waals surface area contributed by atoms with Gasteiger partial charge in [-0.05, 0) is 12.3 Å². The van der Waals surface area contributed by atoms with Crippen molar-refractivity contribution in [3.63, 3.8) is 0 Å². The highest BCUT2D eigenvalue weighted by Crippen LogP contribution is 2.15. The number of hydrogen-bond donors (Lipinski definition) is 2. The quantitative estimate of drug-likeness (QED) is 0.769. The van der Waals surface area contributed by atoms with E-state index in [2.05, 4.69) is 19.2 Å². The zero-order valence-electron chi connectivity index (χ0n) is 11.5. The Hall–Kier alpha value is -1.01. The zero-order valence-corrected chi connectivity index (χ0v) is 12.3. The minimum Gasteiger partial charge on any atom is -0.337 e. The van der Waals surface area contributed by atoms with Gasteiger partial charge in [0.05, 0.1) is 12.1 Å². The third-order valence-electron chi connectivity index (χ3n) is 3.59. The molecule has 2 aliphatic rings. The van der Waals surface area contributed by atoms with Crippen LogP contribution in [0.4, 0.5) is 4.79 Å². The Bertz CT molecular complexity index is 351. The Labute approximate surface area is 120 Å². The van der Waals surface area contributed by atoms with Crippen LogP contribution < -0.4 is 11.1 Å². The van der Waals surface area contributed by atoms with E-state index < -0.39 is 6.04 Å². The lowest BCUT2D eigenvalue weighted by atomic mass is 10.0. The first-order valence-corrected chi connectivity index (χ1v) is 6.58. The molecule has 0 saturated carbocycles. The van der Waals surface area contributed by atoms with Crippen molar-refractivity contribution in [2.24, 2.45) is 11.7 Å². The summed E-state index contributed by atoms with van der Waals surface area (Å²) in [6, 6.07) is -0.318. The summed E-state index contributed by atoms with van der Waals surface area (Å²) in [6.45, 7) is 6.55. The molecule has 0 bridgehead atoms. The standard InChI is InChI=1S/C12H22N4O2.ClH/c1-8(2)5-10(13)11(17)15-3-4-16-9(7-15)6-14-12(16)18;/h8-10H,3-7,13H2,1-2H3,(H,14,18);1H/t9?,10-;/m0./s1. The van der Waals surface area contributed by atoms with E-state index in [9.17, 15) is 9.59 Å². The highest BCUT2D eigenvalue weighted by atomic mass is 35.5. The first-order chi connectivity index (χ1) is 8.49. The first kappa shape index (κ1) is 16.0. The van der Waals surface area contributed by atoms with Crippen molar-refractivity contribution >= 4 is 24.3 Å².